The standard InChI is InChI=1S/C44H68N4O8/c1-5-6-20-40(56-41(29-34-17-11-8-12-18-34)43(51)48-25-21-36(22-26-48)55-31-53-4)42(50)46-38(28-33-15-9-7-10-16-33)39(49)30-37(32(2)3)47-44(52)54-27-23-35-19-13-14-24-45-35/h8,11-14,17-19,24,32-33,36-41,49H,5-7,9-10,15-16,20-23,25-31H2,1-4H3,(H,46,50)(H,47,52)/t37-,38-,39-,40-,41-/m0/s1. The Balaban J connectivity index is 1.47. The summed E-state index contributed by atoms with van der Waals surface area (Å²) in [7, 11) is 1.60. The first kappa shape index (κ1) is 45.1. The molecule has 3 amide bonds. The lowest BCUT2D eigenvalue weighted by atomic mass is 9.82. The van der Waals surface area contributed by atoms with Crippen LogP contribution in [0.25, 0.3) is 0 Å². The van der Waals surface area contributed by atoms with Gasteiger partial charge in [-0.3, -0.25) is 14.6 Å². The lowest BCUT2D eigenvalue weighted by Gasteiger charge is -2.36. The highest BCUT2D eigenvalue weighted by Gasteiger charge is 2.36. The van der Waals surface area contributed by atoms with E-state index in [0.717, 1.165) is 49.8 Å². The van der Waals surface area contributed by atoms with Crippen molar-refractivity contribution in [2.24, 2.45) is 11.8 Å². The molecule has 0 bridgehead atoms. The second kappa shape index (κ2) is 24.9. The van der Waals surface area contributed by atoms with Crippen molar-refractivity contribution < 1.29 is 38.4 Å². The number of carbonyl (C=O) groups excluding carboxylic acids is 3. The lowest BCUT2D eigenvalue weighted by molar-refractivity contribution is -0.157. The molecule has 2 fully saturated rings. The van der Waals surface area contributed by atoms with E-state index < -0.39 is 30.4 Å². The number of rotatable bonds is 23. The summed E-state index contributed by atoms with van der Waals surface area (Å²) in [6, 6.07) is 14.4. The van der Waals surface area contributed by atoms with E-state index in [0.29, 0.717) is 57.5 Å². The average Bonchev–Trinajstić information content (AvgIpc) is 3.21. The summed E-state index contributed by atoms with van der Waals surface area (Å²) in [6.07, 6.45) is 9.19. The average molecular weight is 781 g/mol. The quantitative estimate of drug-likeness (QED) is 0.109. The van der Waals surface area contributed by atoms with Crippen molar-refractivity contribution in [1.82, 2.24) is 20.5 Å². The number of aliphatic hydroxyl groups excluding tert-OH is 1. The first-order chi connectivity index (χ1) is 27.2. The topological polar surface area (TPSA) is 149 Å². The van der Waals surface area contributed by atoms with E-state index in [-0.39, 0.29) is 49.7 Å². The molecule has 1 saturated heterocycles. The number of nitrogens with one attached hydrogen (secondary N) is 2. The van der Waals surface area contributed by atoms with Gasteiger partial charge in [0.05, 0.1) is 24.9 Å². The molecule has 1 saturated carbocycles. The van der Waals surface area contributed by atoms with E-state index in [4.69, 9.17) is 18.9 Å². The van der Waals surface area contributed by atoms with Crippen molar-refractivity contribution in [2.75, 3.05) is 33.6 Å². The molecule has 5 atom stereocenters. The molecular weight excluding hydrogens is 713 g/mol. The van der Waals surface area contributed by atoms with Crippen molar-refractivity contribution in [3.63, 3.8) is 0 Å². The number of nitrogens with zero attached hydrogens (tertiary/aromatic N) is 2. The molecule has 3 N–H and O–H groups in total. The Hall–Kier alpha value is -3.58. The molecular formula is C44H68N4O8. The molecule has 12 nitrogen and oxygen atoms in total. The second-order valence-electron chi connectivity index (χ2n) is 15.9. The molecule has 0 spiro atoms. The zero-order valence-electron chi connectivity index (χ0n) is 34.2. The fraction of sp³-hybridized carbons (Fsp3) is 0.682. The molecule has 312 valence electrons. The van der Waals surface area contributed by atoms with Crippen molar-refractivity contribution in [3.8, 4) is 0 Å². The van der Waals surface area contributed by atoms with Crippen LogP contribution >= 0.6 is 0 Å². The van der Waals surface area contributed by atoms with Gasteiger partial charge in [0, 0.05) is 51.0 Å². The molecule has 1 aromatic heterocycles. The van der Waals surface area contributed by atoms with Crippen LogP contribution in [0.2, 0.25) is 0 Å². The number of aliphatic hydroxyl groups is 1. The van der Waals surface area contributed by atoms with Crippen molar-refractivity contribution >= 4 is 17.9 Å². The van der Waals surface area contributed by atoms with Gasteiger partial charge in [0.2, 0.25) is 5.91 Å². The Morgan fingerprint density at radius 3 is 2.32 bits per heavy atom. The maximum absolute atomic E-state index is 14.4. The number of pyridine rings is 1. The largest absolute Gasteiger partial charge is 0.449 e. The fourth-order valence-corrected chi connectivity index (χ4v) is 7.76. The number of piperidine rings is 1. The third kappa shape index (κ3) is 15.8. The lowest BCUT2D eigenvalue weighted by Crippen LogP contribution is -2.53. The summed E-state index contributed by atoms with van der Waals surface area (Å²) in [5, 5.41) is 18.1. The van der Waals surface area contributed by atoms with E-state index in [1.165, 1.54) is 6.42 Å². The number of aromatic nitrogens is 1. The summed E-state index contributed by atoms with van der Waals surface area (Å²) in [5.41, 5.74) is 1.79. The van der Waals surface area contributed by atoms with Crippen LogP contribution in [-0.2, 0) is 41.4 Å². The minimum atomic E-state index is -0.933. The van der Waals surface area contributed by atoms with E-state index >= 15 is 0 Å². The molecule has 0 unspecified atom stereocenters. The van der Waals surface area contributed by atoms with Crippen LogP contribution in [0.1, 0.15) is 109 Å². The summed E-state index contributed by atoms with van der Waals surface area (Å²) in [5.74, 6) is -0.0892. The van der Waals surface area contributed by atoms with Crippen molar-refractivity contribution in [3.05, 3.63) is 66.0 Å². The minimum absolute atomic E-state index is 0.000947. The summed E-state index contributed by atoms with van der Waals surface area (Å²) < 4.78 is 22.9. The Bertz CT molecular complexity index is 1400. The Morgan fingerprint density at radius 1 is 0.929 bits per heavy atom. The highest BCUT2D eigenvalue weighted by molar-refractivity contribution is 5.84. The number of hydrogen-bond donors (Lipinski definition) is 3. The van der Waals surface area contributed by atoms with E-state index in [1.807, 2.05) is 67.3 Å². The number of hydrogen-bond acceptors (Lipinski definition) is 9. The molecule has 1 aliphatic heterocycles. The summed E-state index contributed by atoms with van der Waals surface area (Å²) in [6.45, 7) is 7.53. The van der Waals surface area contributed by atoms with Crippen LogP contribution in [0.4, 0.5) is 4.79 Å². The van der Waals surface area contributed by atoms with Crippen LogP contribution in [0.15, 0.2) is 54.7 Å². The first-order valence-corrected chi connectivity index (χ1v) is 21.1. The maximum atomic E-state index is 14.4. The molecule has 1 aliphatic carbocycles. The number of alkyl carbamates (subject to hydrolysis) is 1. The molecule has 4 rings (SSSR count). The zero-order valence-corrected chi connectivity index (χ0v) is 34.2. The number of methoxy groups -OCH3 is 1. The zero-order chi connectivity index (χ0) is 40.1. The van der Waals surface area contributed by atoms with Crippen LogP contribution in [0.3, 0.4) is 0 Å². The van der Waals surface area contributed by atoms with Gasteiger partial charge in [0.25, 0.3) is 5.91 Å². The maximum Gasteiger partial charge on any atom is 0.407 e. The molecule has 12 heteroatoms. The highest BCUT2D eigenvalue weighted by Crippen LogP contribution is 2.29. The van der Waals surface area contributed by atoms with Gasteiger partial charge in [0.1, 0.15) is 19.0 Å². The van der Waals surface area contributed by atoms with Gasteiger partial charge in [-0.25, -0.2) is 4.79 Å². The van der Waals surface area contributed by atoms with Gasteiger partial charge in [-0.15, -0.1) is 0 Å². The van der Waals surface area contributed by atoms with Crippen molar-refractivity contribution in [1.29, 1.82) is 0 Å². The second-order valence-corrected chi connectivity index (χ2v) is 15.9. The van der Waals surface area contributed by atoms with Crippen LogP contribution in [-0.4, -0.2) is 103 Å². The Kier molecular flexibility index (Phi) is 20.1. The molecule has 56 heavy (non-hydrogen) atoms. The van der Waals surface area contributed by atoms with Crippen molar-refractivity contribution in [2.45, 2.75) is 147 Å². The van der Waals surface area contributed by atoms with Gasteiger partial charge < -0.3 is 39.6 Å². The molecule has 2 aromatic rings. The fourth-order valence-electron chi connectivity index (χ4n) is 7.76. The van der Waals surface area contributed by atoms with Gasteiger partial charge in [-0.2, -0.15) is 0 Å². The predicted octanol–water partition coefficient (Wildman–Crippen LogP) is 6.38. The smallest absolute Gasteiger partial charge is 0.407 e. The number of amides is 3. The first-order valence-electron chi connectivity index (χ1n) is 21.1. The summed E-state index contributed by atoms with van der Waals surface area (Å²) >= 11 is 0. The minimum Gasteiger partial charge on any atom is -0.449 e. The van der Waals surface area contributed by atoms with Gasteiger partial charge >= 0.3 is 6.09 Å². The molecule has 2 heterocycles. The van der Waals surface area contributed by atoms with Gasteiger partial charge in [-0.05, 0) is 61.6 Å². The third-order valence-corrected chi connectivity index (χ3v) is 11.2. The molecule has 0 radical (unpaired) electrons. The number of likely N-dealkylation sites (tertiary alicyclic amines) is 1. The number of benzene rings is 1. The number of carbonyl (C=O) groups is 3. The Morgan fingerprint density at radius 2 is 1.66 bits per heavy atom. The third-order valence-electron chi connectivity index (χ3n) is 11.2. The summed E-state index contributed by atoms with van der Waals surface area (Å²) in [4.78, 5) is 47.5. The monoisotopic (exact) mass is 781 g/mol. The number of unbranched alkanes of at least 4 members (excludes halogenated alkanes) is 1. The van der Waals surface area contributed by atoms with Gasteiger partial charge in [0.15, 0.2) is 0 Å². The van der Waals surface area contributed by atoms with Crippen LogP contribution < -0.4 is 10.6 Å². The van der Waals surface area contributed by atoms with Gasteiger partial charge in [-0.1, -0.05) is 102 Å². The van der Waals surface area contributed by atoms with Crippen LogP contribution in [0, 0.1) is 11.8 Å². The SMILES string of the molecule is CCCC[C@H](O[C@@H](Cc1ccccc1)C(=O)N1CCC(OCOC)CC1)C(=O)N[C@@H](CC1CCCCC1)[C@@H](O)C[C@H](NC(=O)OCCc1ccccn1)C(C)C. The van der Waals surface area contributed by atoms with E-state index in [9.17, 15) is 19.5 Å². The molecule has 1 aromatic carbocycles. The molecule has 2 aliphatic rings. The Labute approximate surface area is 334 Å². The van der Waals surface area contributed by atoms with E-state index in [1.54, 1.807) is 13.3 Å². The number of ether oxygens (including phenoxy) is 4. The predicted molar refractivity (Wildman–Crippen MR) is 216 cm³/mol. The highest BCUT2D eigenvalue weighted by atomic mass is 16.7. The normalized spacial score (nSPS) is 18.1. The van der Waals surface area contributed by atoms with E-state index in [2.05, 4.69) is 22.5 Å². The van der Waals surface area contributed by atoms with Crippen LogP contribution in [0.5, 0.6) is 0 Å².